The molecule has 0 bridgehead atoms. The van der Waals surface area contributed by atoms with Crippen LogP contribution in [0.5, 0.6) is 0 Å². The maximum atomic E-state index is 6.36. The minimum atomic E-state index is 0.0900. The van der Waals surface area contributed by atoms with E-state index in [1.165, 1.54) is 23.1 Å². The fourth-order valence-corrected chi connectivity index (χ4v) is 4.13. The molecule has 0 spiro atoms. The minimum Gasteiger partial charge on any atom is -0.324 e. The quantitative estimate of drug-likeness (QED) is 0.801. The normalized spacial score (nSPS) is 18.6. The van der Waals surface area contributed by atoms with Gasteiger partial charge in [-0.1, -0.05) is 56.1 Å². The Morgan fingerprint density at radius 1 is 1.11 bits per heavy atom. The van der Waals surface area contributed by atoms with E-state index in [1.807, 2.05) is 6.07 Å². The van der Waals surface area contributed by atoms with Gasteiger partial charge < -0.3 is 5.73 Å². The molecule has 0 heterocycles. The van der Waals surface area contributed by atoms with E-state index in [4.69, 9.17) is 5.73 Å². The third-order valence-electron chi connectivity index (χ3n) is 3.81. The van der Waals surface area contributed by atoms with Gasteiger partial charge in [0.05, 0.1) is 0 Å². The summed E-state index contributed by atoms with van der Waals surface area (Å²) < 4.78 is 2.14. The fourth-order valence-electron chi connectivity index (χ4n) is 2.80. The molecule has 2 unspecified atom stereocenters. The number of hydrogen-bond acceptors (Lipinski definition) is 1. The van der Waals surface area contributed by atoms with Crippen molar-refractivity contribution in [2.45, 2.75) is 24.8 Å². The van der Waals surface area contributed by atoms with E-state index in [1.54, 1.807) is 0 Å². The van der Waals surface area contributed by atoms with Crippen LogP contribution in [0.4, 0.5) is 0 Å². The molecule has 2 aromatic rings. The van der Waals surface area contributed by atoms with Crippen molar-refractivity contribution in [1.29, 1.82) is 0 Å². The summed E-state index contributed by atoms with van der Waals surface area (Å²) in [5.41, 5.74) is 10.5. The fraction of sp³-hybridized carbons (Fsp3) is 0.250. The molecule has 0 radical (unpaired) electrons. The highest BCUT2D eigenvalue weighted by Gasteiger charge is 2.27. The summed E-state index contributed by atoms with van der Waals surface area (Å²) >= 11 is 7.04. The van der Waals surface area contributed by atoms with E-state index in [0.717, 1.165) is 15.4 Å². The Morgan fingerprint density at radius 3 is 2.47 bits per heavy atom. The molecule has 0 fully saturated rings. The molecule has 2 aromatic carbocycles. The number of nitrogens with two attached hydrogens (primary N) is 1. The van der Waals surface area contributed by atoms with Gasteiger partial charge in [-0.15, -0.1) is 0 Å². The summed E-state index contributed by atoms with van der Waals surface area (Å²) in [5.74, 6) is 0.615. The molecule has 0 aromatic heterocycles. The molecular formula is C16H15Br2N. The average molecular weight is 381 g/mol. The van der Waals surface area contributed by atoms with Gasteiger partial charge in [0.1, 0.15) is 0 Å². The molecule has 1 nitrogen and oxygen atoms in total. The second kappa shape index (κ2) is 5.39. The summed E-state index contributed by atoms with van der Waals surface area (Å²) in [6.45, 7) is 0. The lowest BCUT2D eigenvalue weighted by molar-refractivity contribution is 0.498. The van der Waals surface area contributed by atoms with Crippen LogP contribution in [0.3, 0.4) is 0 Å². The van der Waals surface area contributed by atoms with Crippen LogP contribution in [-0.2, 0) is 6.42 Å². The van der Waals surface area contributed by atoms with Gasteiger partial charge in [0, 0.05) is 15.0 Å². The van der Waals surface area contributed by atoms with Crippen LogP contribution >= 0.6 is 31.9 Å². The molecular weight excluding hydrogens is 366 g/mol. The Morgan fingerprint density at radius 2 is 1.79 bits per heavy atom. The molecule has 19 heavy (non-hydrogen) atoms. The Balaban J connectivity index is 1.74. The molecule has 2 N–H and O–H groups in total. The van der Waals surface area contributed by atoms with Gasteiger partial charge in [0.15, 0.2) is 0 Å². The minimum absolute atomic E-state index is 0.0900. The second-order valence-electron chi connectivity index (χ2n) is 5.14. The number of halogens is 2. The molecule has 3 heteroatoms. The predicted octanol–water partition coefficient (Wildman–Crippen LogP) is 4.94. The lowest BCUT2D eigenvalue weighted by Gasteiger charge is -2.32. The molecule has 2 atom stereocenters. The van der Waals surface area contributed by atoms with E-state index in [0.29, 0.717) is 5.92 Å². The highest BCUT2D eigenvalue weighted by molar-refractivity contribution is 9.11. The molecule has 0 amide bonds. The number of rotatable bonds is 3. The highest BCUT2D eigenvalue weighted by atomic mass is 79.9. The smallest absolute Gasteiger partial charge is 0.0301 e. The highest BCUT2D eigenvalue weighted by Crippen LogP contribution is 2.40. The lowest BCUT2D eigenvalue weighted by atomic mass is 9.74. The van der Waals surface area contributed by atoms with Gasteiger partial charge in [0.25, 0.3) is 0 Å². The predicted molar refractivity (Wildman–Crippen MR) is 86.3 cm³/mol. The second-order valence-corrected chi connectivity index (χ2v) is 6.98. The van der Waals surface area contributed by atoms with Gasteiger partial charge in [-0.2, -0.15) is 0 Å². The van der Waals surface area contributed by atoms with E-state index in [-0.39, 0.29) is 6.04 Å². The maximum absolute atomic E-state index is 6.36. The van der Waals surface area contributed by atoms with Crippen LogP contribution in [0.2, 0.25) is 0 Å². The first-order chi connectivity index (χ1) is 9.13. The van der Waals surface area contributed by atoms with Crippen LogP contribution < -0.4 is 5.73 Å². The molecule has 1 aliphatic rings. The van der Waals surface area contributed by atoms with Crippen molar-refractivity contribution < 1.29 is 0 Å². The SMILES string of the molecule is NC(CC1Cc2ccccc21)c1cc(Br)cc(Br)c1. The lowest BCUT2D eigenvalue weighted by Crippen LogP contribution is -2.22. The van der Waals surface area contributed by atoms with Crippen molar-refractivity contribution in [3.05, 3.63) is 68.1 Å². The Kier molecular flexibility index (Phi) is 3.79. The standard InChI is InChI=1S/C16H15Br2N/c17-13-6-12(7-14(18)9-13)16(19)8-11-5-10-3-1-2-4-15(10)11/h1-4,6-7,9,11,16H,5,8,19H2. The molecule has 0 saturated carbocycles. The van der Waals surface area contributed by atoms with Crippen molar-refractivity contribution in [3.8, 4) is 0 Å². The zero-order valence-corrected chi connectivity index (χ0v) is 13.6. The Hall–Kier alpha value is -0.640. The van der Waals surface area contributed by atoms with Crippen LogP contribution in [0.1, 0.15) is 35.1 Å². The van der Waals surface area contributed by atoms with Crippen molar-refractivity contribution in [1.82, 2.24) is 0 Å². The monoisotopic (exact) mass is 379 g/mol. The third kappa shape index (κ3) is 2.78. The number of fused-ring (bicyclic) bond motifs is 1. The van der Waals surface area contributed by atoms with E-state index < -0.39 is 0 Å². The average Bonchev–Trinajstić information content (AvgIpc) is 2.34. The van der Waals surface area contributed by atoms with Gasteiger partial charge in [0.2, 0.25) is 0 Å². The van der Waals surface area contributed by atoms with E-state index in [2.05, 4.69) is 68.3 Å². The summed E-state index contributed by atoms with van der Waals surface area (Å²) in [4.78, 5) is 0. The summed E-state index contributed by atoms with van der Waals surface area (Å²) in [6, 6.07) is 15.0. The van der Waals surface area contributed by atoms with Crippen molar-refractivity contribution >= 4 is 31.9 Å². The van der Waals surface area contributed by atoms with Gasteiger partial charge in [-0.3, -0.25) is 0 Å². The summed E-state index contributed by atoms with van der Waals surface area (Å²) in [5, 5.41) is 0. The molecule has 1 aliphatic carbocycles. The van der Waals surface area contributed by atoms with Crippen LogP contribution in [0, 0.1) is 0 Å². The van der Waals surface area contributed by atoms with Gasteiger partial charge in [-0.05, 0) is 53.6 Å². The van der Waals surface area contributed by atoms with Crippen molar-refractivity contribution in [2.75, 3.05) is 0 Å². The largest absolute Gasteiger partial charge is 0.324 e. The maximum Gasteiger partial charge on any atom is 0.0301 e. The summed E-state index contributed by atoms with van der Waals surface area (Å²) in [7, 11) is 0. The van der Waals surface area contributed by atoms with E-state index >= 15 is 0 Å². The van der Waals surface area contributed by atoms with Crippen molar-refractivity contribution in [2.24, 2.45) is 5.73 Å². The van der Waals surface area contributed by atoms with Gasteiger partial charge in [-0.25, -0.2) is 0 Å². The zero-order chi connectivity index (χ0) is 13.4. The topological polar surface area (TPSA) is 26.0 Å². The molecule has 0 saturated heterocycles. The van der Waals surface area contributed by atoms with Crippen LogP contribution in [0.25, 0.3) is 0 Å². The first kappa shape index (κ1) is 13.3. The molecule has 3 rings (SSSR count). The first-order valence-corrected chi connectivity index (χ1v) is 8.01. The zero-order valence-electron chi connectivity index (χ0n) is 10.4. The Labute approximate surface area is 130 Å². The third-order valence-corrected chi connectivity index (χ3v) is 4.73. The number of benzene rings is 2. The van der Waals surface area contributed by atoms with Crippen LogP contribution in [0.15, 0.2) is 51.4 Å². The van der Waals surface area contributed by atoms with Crippen molar-refractivity contribution in [3.63, 3.8) is 0 Å². The first-order valence-electron chi connectivity index (χ1n) is 6.43. The van der Waals surface area contributed by atoms with Crippen LogP contribution in [-0.4, -0.2) is 0 Å². The Bertz CT molecular complexity index is 589. The van der Waals surface area contributed by atoms with E-state index in [9.17, 15) is 0 Å². The number of hydrogen-bond donors (Lipinski definition) is 1. The van der Waals surface area contributed by atoms with Gasteiger partial charge >= 0.3 is 0 Å². The molecule has 0 aliphatic heterocycles. The molecule has 98 valence electrons. The summed E-state index contributed by atoms with van der Waals surface area (Å²) in [6.07, 6.45) is 2.18.